The molecule has 0 unspecified atom stereocenters. The molecule has 0 radical (unpaired) electrons. The van der Waals surface area contributed by atoms with E-state index in [1.165, 1.54) is 44.9 Å². The first kappa shape index (κ1) is 20.3. The number of halogens is 3. The van der Waals surface area contributed by atoms with E-state index in [0.717, 1.165) is 43.7 Å². The predicted molar refractivity (Wildman–Crippen MR) is 104 cm³/mol. The van der Waals surface area contributed by atoms with Crippen molar-refractivity contribution >= 4 is 0 Å². The van der Waals surface area contributed by atoms with Crippen LogP contribution in [-0.4, -0.2) is 0 Å². The van der Waals surface area contributed by atoms with E-state index in [4.69, 9.17) is 0 Å². The Morgan fingerprint density at radius 2 is 1.33 bits per heavy atom. The highest BCUT2D eigenvalue weighted by Gasteiger charge is 2.24. The third-order valence-corrected chi connectivity index (χ3v) is 6.51. The first-order valence-electron chi connectivity index (χ1n) is 10.7. The van der Waals surface area contributed by atoms with Crippen molar-refractivity contribution in [2.45, 2.75) is 83.5 Å². The van der Waals surface area contributed by atoms with Crippen LogP contribution in [0.5, 0.6) is 0 Å². The van der Waals surface area contributed by atoms with Crippen molar-refractivity contribution in [1.82, 2.24) is 0 Å². The SMILES string of the molecule is CCCCC1CCC(C#CC2CCC(c3cc(F)c(F)c(F)c3)CC2)CC1. The van der Waals surface area contributed by atoms with Crippen molar-refractivity contribution in [1.29, 1.82) is 0 Å². The van der Waals surface area contributed by atoms with Gasteiger partial charge in [-0.25, -0.2) is 13.2 Å². The highest BCUT2D eigenvalue weighted by atomic mass is 19.2. The van der Waals surface area contributed by atoms with Crippen LogP contribution in [0.15, 0.2) is 12.1 Å². The molecule has 0 bridgehead atoms. The Balaban J connectivity index is 1.46. The van der Waals surface area contributed by atoms with Crippen LogP contribution < -0.4 is 0 Å². The van der Waals surface area contributed by atoms with Crippen molar-refractivity contribution in [3.05, 3.63) is 35.1 Å². The third-order valence-electron chi connectivity index (χ3n) is 6.51. The van der Waals surface area contributed by atoms with Gasteiger partial charge in [-0.3, -0.25) is 0 Å². The van der Waals surface area contributed by atoms with Gasteiger partial charge in [-0.05, 0) is 80.9 Å². The minimum Gasteiger partial charge on any atom is -0.204 e. The lowest BCUT2D eigenvalue weighted by Crippen LogP contribution is -2.15. The molecule has 0 aromatic heterocycles. The lowest BCUT2D eigenvalue weighted by atomic mass is 9.77. The van der Waals surface area contributed by atoms with Crippen LogP contribution in [0.2, 0.25) is 0 Å². The third kappa shape index (κ3) is 5.53. The van der Waals surface area contributed by atoms with E-state index < -0.39 is 17.5 Å². The second-order valence-corrected chi connectivity index (χ2v) is 8.50. The topological polar surface area (TPSA) is 0 Å². The largest absolute Gasteiger partial charge is 0.204 e. The van der Waals surface area contributed by atoms with Gasteiger partial charge in [0, 0.05) is 11.8 Å². The van der Waals surface area contributed by atoms with Gasteiger partial charge in [-0.15, -0.1) is 0 Å². The van der Waals surface area contributed by atoms with E-state index in [1.54, 1.807) is 0 Å². The monoisotopic (exact) mass is 376 g/mol. The number of unbranched alkanes of at least 4 members (excludes halogenated alkanes) is 1. The summed E-state index contributed by atoms with van der Waals surface area (Å²) in [7, 11) is 0. The summed E-state index contributed by atoms with van der Waals surface area (Å²) in [5, 5.41) is 0. The minimum absolute atomic E-state index is 0.113. The molecule has 27 heavy (non-hydrogen) atoms. The summed E-state index contributed by atoms with van der Waals surface area (Å²) in [6, 6.07) is 2.32. The van der Waals surface area contributed by atoms with E-state index in [9.17, 15) is 13.2 Å². The second-order valence-electron chi connectivity index (χ2n) is 8.50. The molecule has 148 valence electrons. The highest BCUT2D eigenvalue weighted by Crippen LogP contribution is 2.37. The van der Waals surface area contributed by atoms with Crippen LogP contribution in [0.4, 0.5) is 13.2 Å². The zero-order chi connectivity index (χ0) is 19.2. The Bertz CT molecular complexity index is 646. The van der Waals surface area contributed by atoms with Gasteiger partial charge in [0.2, 0.25) is 0 Å². The Morgan fingerprint density at radius 3 is 1.85 bits per heavy atom. The number of hydrogen-bond acceptors (Lipinski definition) is 0. The van der Waals surface area contributed by atoms with Gasteiger partial charge >= 0.3 is 0 Å². The minimum atomic E-state index is -1.37. The molecule has 2 fully saturated rings. The molecule has 0 N–H and O–H groups in total. The molecular formula is C24H31F3. The van der Waals surface area contributed by atoms with Crippen LogP contribution in [0.3, 0.4) is 0 Å². The van der Waals surface area contributed by atoms with Crippen LogP contribution >= 0.6 is 0 Å². The maximum Gasteiger partial charge on any atom is 0.194 e. The smallest absolute Gasteiger partial charge is 0.194 e. The average molecular weight is 377 g/mol. The van der Waals surface area contributed by atoms with Crippen molar-refractivity contribution in [3.8, 4) is 11.8 Å². The van der Waals surface area contributed by atoms with E-state index in [1.807, 2.05) is 0 Å². The Hall–Kier alpha value is -1.43. The summed E-state index contributed by atoms with van der Waals surface area (Å²) in [6.07, 6.45) is 12.8. The van der Waals surface area contributed by atoms with Gasteiger partial charge in [-0.2, -0.15) is 0 Å². The van der Waals surface area contributed by atoms with Crippen molar-refractivity contribution in [2.24, 2.45) is 17.8 Å². The fourth-order valence-corrected chi connectivity index (χ4v) is 4.71. The molecule has 0 nitrogen and oxygen atoms in total. The molecule has 1 aromatic rings. The molecule has 0 heterocycles. The lowest BCUT2D eigenvalue weighted by Gasteiger charge is -2.27. The zero-order valence-corrected chi connectivity index (χ0v) is 16.4. The van der Waals surface area contributed by atoms with Crippen LogP contribution in [0.25, 0.3) is 0 Å². The van der Waals surface area contributed by atoms with Crippen LogP contribution in [0, 0.1) is 47.0 Å². The Kier molecular flexibility index (Phi) is 7.27. The highest BCUT2D eigenvalue weighted by molar-refractivity contribution is 5.24. The lowest BCUT2D eigenvalue weighted by molar-refractivity contribution is 0.295. The molecular weight excluding hydrogens is 345 g/mol. The number of rotatable bonds is 4. The molecule has 2 aliphatic carbocycles. The quantitative estimate of drug-likeness (QED) is 0.380. The summed E-state index contributed by atoms with van der Waals surface area (Å²) in [5.41, 5.74) is 0.586. The van der Waals surface area contributed by atoms with E-state index in [-0.39, 0.29) is 5.92 Å². The zero-order valence-electron chi connectivity index (χ0n) is 16.4. The second kappa shape index (κ2) is 9.67. The van der Waals surface area contributed by atoms with Crippen molar-refractivity contribution < 1.29 is 13.2 Å². The van der Waals surface area contributed by atoms with Gasteiger partial charge in [0.1, 0.15) is 0 Å². The fourth-order valence-electron chi connectivity index (χ4n) is 4.71. The molecule has 0 spiro atoms. The van der Waals surface area contributed by atoms with Crippen molar-refractivity contribution in [3.63, 3.8) is 0 Å². The molecule has 2 saturated carbocycles. The standard InChI is InChI=1S/C24H31F3/c1-2-3-4-17-5-7-18(8-6-17)9-10-19-11-13-20(14-12-19)21-15-22(25)24(27)23(26)16-21/h15-20H,2-8,11-14H2,1H3. The summed E-state index contributed by atoms with van der Waals surface area (Å²) in [5.74, 6) is 5.47. The number of benzene rings is 1. The molecule has 1 aromatic carbocycles. The Morgan fingerprint density at radius 1 is 0.815 bits per heavy atom. The maximum atomic E-state index is 13.5. The summed E-state index contributed by atoms with van der Waals surface area (Å²) in [6.45, 7) is 2.26. The molecule has 3 rings (SSSR count). The van der Waals surface area contributed by atoms with Crippen molar-refractivity contribution in [2.75, 3.05) is 0 Å². The van der Waals surface area contributed by atoms with Crippen LogP contribution in [-0.2, 0) is 0 Å². The Labute approximate surface area is 161 Å². The molecule has 3 heteroatoms. The fraction of sp³-hybridized carbons (Fsp3) is 0.667. The average Bonchev–Trinajstić information content (AvgIpc) is 2.69. The maximum absolute atomic E-state index is 13.5. The van der Waals surface area contributed by atoms with E-state index >= 15 is 0 Å². The van der Waals surface area contributed by atoms with Gasteiger partial charge in [0.25, 0.3) is 0 Å². The van der Waals surface area contributed by atoms with E-state index in [2.05, 4.69) is 18.8 Å². The molecule has 0 aliphatic heterocycles. The first-order valence-corrected chi connectivity index (χ1v) is 10.7. The molecule has 2 aliphatic rings. The van der Waals surface area contributed by atoms with Gasteiger partial charge in [-0.1, -0.05) is 38.0 Å². The summed E-state index contributed by atoms with van der Waals surface area (Å²) >= 11 is 0. The molecule has 0 saturated heterocycles. The van der Waals surface area contributed by atoms with Gasteiger partial charge in [0.15, 0.2) is 17.5 Å². The van der Waals surface area contributed by atoms with E-state index in [0.29, 0.717) is 17.4 Å². The van der Waals surface area contributed by atoms with Gasteiger partial charge < -0.3 is 0 Å². The first-order chi connectivity index (χ1) is 13.1. The summed E-state index contributed by atoms with van der Waals surface area (Å²) in [4.78, 5) is 0. The molecule has 0 amide bonds. The summed E-state index contributed by atoms with van der Waals surface area (Å²) < 4.78 is 40.0. The normalized spacial score (nSPS) is 28.4. The number of hydrogen-bond donors (Lipinski definition) is 0. The van der Waals surface area contributed by atoms with Gasteiger partial charge in [0.05, 0.1) is 0 Å². The van der Waals surface area contributed by atoms with Crippen LogP contribution in [0.1, 0.15) is 89.0 Å². The predicted octanol–water partition coefficient (Wildman–Crippen LogP) is 7.38. The molecule has 0 atom stereocenters.